The molecule has 1 aromatic heterocycles. The second-order valence-corrected chi connectivity index (χ2v) is 12.2. The maximum absolute atomic E-state index is 10.4. The molecule has 0 atom stereocenters. The van der Waals surface area contributed by atoms with Crippen molar-refractivity contribution >= 4 is 33.6 Å². The van der Waals surface area contributed by atoms with E-state index in [2.05, 4.69) is 100 Å². The van der Waals surface area contributed by atoms with Crippen molar-refractivity contribution in [3.8, 4) is 22.9 Å². The molecular weight excluding hydrogens is 474 g/mol. The van der Waals surface area contributed by atoms with E-state index in [9.17, 15) is 5.26 Å². The first-order valence-electron chi connectivity index (χ1n) is 13.2. The molecule has 0 N–H and O–H groups in total. The Morgan fingerprint density at radius 1 is 0.769 bits per heavy atom. The molecule has 0 aliphatic carbocycles. The first-order chi connectivity index (χ1) is 18.5. The summed E-state index contributed by atoms with van der Waals surface area (Å²) < 4.78 is 2.11. The van der Waals surface area contributed by atoms with Crippen molar-refractivity contribution in [1.82, 2.24) is 4.57 Å². The maximum Gasteiger partial charge on any atom is 0.212 e. The van der Waals surface area contributed by atoms with Gasteiger partial charge in [-0.15, -0.1) is 0 Å². The summed E-state index contributed by atoms with van der Waals surface area (Å²) in [6.07, 6.45) is 1.80. The van der Waals surface area contributed by atoms with Gasteiger partial charge in [-0.05, 0) is 75.0 Å². The molecule has 4 aromatic carbocycles. The fraction of sp³-hybridized carbons (Fsp3) is 0.222. The van der Waals surface area contributed by atoms with Gasteiger partial charge < -0.3 is 4.57 Å². The van der Waals surface area contributed by atoms with Crippen molar-refractivity contribution in [1.29, 1.82) is 5.26 Å². The molecule has 5 aromatic rings. The zero-order valence-corrected chi connectivity index (χ0v) is 23.6. The lowest BCUT2D eigenvalue weighted by Crippen LogP contribution is -2.10. The van der Waals surface area contributed by atoms with Crippen molar-refractivity contribution in [3.63, 3.8) is 0 Å². The van der Waals surface area contributed by atoms with Crippen molar-refractivity contribution in [3.05, 3.63) is 113 Å². The van der Waals surface area contributed by atoms with Crippen LogP contribution in [0.25, 0.3) is 49.5 Å². The Morgan fingerprint density at radius 3 is 1.74 bits per heavy atom. The Bertz CT molecular complexity index is 1730. The van der Waals surface area contributed by atoms with Gasteiger partial charge in [0.1, 0.15) is 0 Å². The average Bonchev–Trinajstić information content (AvgIpc) is 3.24. The average molecular weight is 508 g/mol. The lowest BCUT2D eigenvalue weighted by molar-refractivity contribution is 0.590. The van der Waals surface area contributed by atoms with E-state index in [1.54, 1.807) is 6.08 Å². The summed E-state index contributed by atoms with van der Waals surface area (Å²) in [5, 5.41) is 12.6. The SMILES string of the molecule is [C-]#[N+]c1cc(-c2ccc(C=C)cc2)cc(C#N)c1-n1c2ccc(C(C)(C)C)cc2c2cc(C(C)(C)C)ccc21. The molecule has 0 aliphatic heterocycles. The Kier molecular flexibility index (Phi) is 6.21. The van der Waals surface area contributed by atoms with Crippen molar-refractivity contribution in [2.45, 2.75) is 52.4 Å². The highest BCUT2D eigenvalue weighted by Crippen LogP contribution is 2.42. The number of nitriles is 1. The van der Waals surface area contributed by atoms with Crippen LogP contribution in [0.1, 0.15) is 63.8 Å². The predicted octanol–water partition coefficient (Wildman–Crippen LogP) is 10.1. The molecule has 0 bridgehead atoms. The minimum Gasteiger partial charge on any atom is -0.318 e. The summed E-state index contributed by atoms with van der Waals surface area (Å²) in [4.78, 5) is 3.94. The van der Waals surface area contributed by atoms with Gasteiger partial charge in [0.05, 0.1) is 34.9 Å². The van der Waals surface area contributed by atoms with Crippen molar-refractivity contribution in [2.75, 3.05) is 0 Å². The Labute approximate surface area is 231 Å². The molecule has 5 rings (SSSR count). The van der Waals surface area contributed by atoms with E-state index in [4.69, 9.17) is 6.57 Å². The van der Waals surface area contributed by atoms with E-state index < -0.39 is 0 Å². The quantitative estimate of drug-likeness (QED) is 0.224. The van der Waals surface area contributed by atoms with Crippen LogP contribution < -0.4 is 0 Å². The second-order valence-electron chi connectivity index (χ2n) is 12.2. The van der Waals surface area contributed by atoms with E-state index in [1.807, 2.05) is 36.4 Å². The van der Waals surface area contributed by atoms with Crippen LogP contribution >= 0.6 is 0 Å². The molecule has 0 unspecified atom stereocenters. The molecule has 0 radical (unpaired) electrons. The van der Waals surface area contributed by atoms with E-state index in [-0.39, 0.29) is 10.8 Å². The summed E-state index contributed by atoms with van der Waals surface area (Å²) in [5.41, 5.74) is 8.87. The third-order valence-corrected chi connectivity index (χ3v) is 7.53. The molecule has 192 valence electrons. The summed E-state index contributed by atoms with van der Waals surface area (Å²) >= 11 is 0. The Hall–Kier alpha value is -4.60. The molecule has 39 heavy (non-hydrogen) atoms. The van der Waals surface area contributed by atoms with E-state index in [0.717, 1.165) is 38.5 Å². The molecular formula is C36H33N3. The van der Waals surface area contributed by atoms with Gasteiger partial charge in [0.2, 0.25) is 5.69 Å². The summed E-state index contributed by atoms with van der Waals surface area (Å²) in [5.74, 6) is 0. The molecule has 0 spiro atoms. The topological polar surface area (TPSA) is 33.1 Å². The number of benzene rings is 4. The normalized spacial score (nSPS) is 11.9. The highest BCUT2D eigenvalue weighted by molar-refractivity contribution is 6.10. The van der Waals surface area contributed by atoms with Gasteiger partial charge in [0.25, 0.3) is 0 Å². The van der Waals surface area contributed by atoms with Gasteiger partial charge in [0, 0.05) is 10.8 Å². The zero-order chi connectivity index (χ0) is 28.1. The maximum atomic E-state index is 10.4. The van der Waals surface area contributed by atoms with Crippen LogP contribution in [0.4, 0.5) is 5.69 Å². The van der Waals surface area contributed by atoms with Crippen LogP contribution in [-0.2, 0) is 10.8 Å². The highest BCUT2D eigenvalue weighted by atomic mass is 15.0. The number of aromatic nitrogens is 1. The first-order valence-corrected chi connectivity index (χ1v) is 13.2. The van der Waals surface area contributed by atoms with E-state index in [1.165, 1.54) is 11.1 Å². The lowest BCUT2D eigenvalue weighted by atomic mass is 9.85. The first kappa shape index (κ1) is 26.0. The van der Waals surface area contributed by atoms with Gasteiger partial charge in [-0.25, -0.2) is 4.85 Å². The largest absolute Gasteiger partial charge is 0.318 e. The van der Waals surface area contributed by atoms with E-state index >= 15 is 0 Å². The number of rotatable bonds is 3. The fourth-order valence-corrected chi connectivity index (χ4v) is 5.20. The monoisotopic (exact) mass is 507 g/mol. The van der Waals surface area contributed by atoms with Gasteiger partial charge in [0.15, 0.2) is 0 Å². The molecule has 0 aliphatic rings. The van der Waals surface area contributed by atoms with E-state index in [0.29, 0.717) is 16.9 Å². The fourth-order valence-electron chi connectivity index (χ4n) is 5.20. The summed E-state index contributed by atoms with van der Waals surface area (Å²) in [6.45, 7) is 25.3. The van der Waals surface area contributed by atoms with Crippen molar-refractivity contribution < 1.29 is 0 Å². The summed E-state index contributed by atoms with van der Waals surface area (Å²) in [7, 11) is 0. The Morgan fingerprint density at radius 2 is 1.31 bits per heavy atom. The molecule has 0 fully saturated rings. The molecule has 0 amide bonds. The third-order valence-electron chi connectivity index (χ3n) is 7.53. The van der Waals surface area contributed by atoms with Gasteiger partial charge in [-0.2, -0.15) is 5.26 Å². The van der Waals surface area contributed by atoms with Gasteiger partial charge in [-0.3, -0.25) is 0 Å². The zero-order valence-electron chi connectivity index (χ0n) is 23.6. The predicted molar refractivity (Wildman–Crippen MR) is 165 cm³/mol. The molecule has 0 saturated heterocycles. The third kappa shape index (κ3) is 4.52. The lowest BCUT2D eigenvalue weighted by Gasteiger charge is -2.19. The van der Waals surface area contributed by atoms with Crippen LogP contribution in [0.5, 0.6) is 0 Å². The molecule has 1 heterocycles. The second kappa shape index (κ2) is 9.30. The molecule has 3 nitrogen and oxygen atoms in total. The number of nitrogens with zero attached hydrogens (tertiary/aromatic N) is 3. The minimum absolute atomic E-state index is 0.00741. The molecule has 3 heteroatoms. The van der Waals surface area contributed by atoms with Crippen LogP contribution in [-0.4, -0.2) is 4.57 Å². The number of hydrogen-bond acceptors (Lipinski definition) is 1. The Balaban J connectivity index is 1.86. The highest BCUT2D eigenvalue weighted by Gasteiger charge is 2.23. The van der Waals surface area contributed by atoms with Gasteiger partial charge in [-0.1, -0.05) is 90.6 Å². The van der Waals surface area contributed by atoms with Crippen molar-refractivity contribution in [2.24, 2.45) is 0 Å². The van der Waals surface area contributed by atoms with Crippen LogP contribution in [0, 0.1) is 17.9 Å². The van der Waals surface area contributed by atoms with Crippen LogP contribution in [0.3, 0.4) is 0 Å². The minimum atomic E-state index is -0.00741. The number of hydrogen-bond donors (Lipinski definition) is 0. The number of fused-ring (bicyclic) bond motifs is 3. The summed E-state index contributed by atoms with van der Waals surface area (Å²) in [6, 6.07) is 27.4. The van der Waals surface area contributed by atoms with Crippen LogP contribution in [0.2, 0.25) is 0 Å². The smallest absolute Gasteiger partial charge is 0.212 e. The molecule has 0 saturated carbocycles. The standard InChI is InChI=1S/C36H33N3/c1-9-23-10-12-24(13-11-23)25-18-26(22-37)34(31(19-25)38-8)39-32-16-14-27(35(2,3)4)20-29(32)30-21-28(36(5,6)7)15-17-33(30)39/h9-21H,1H2,2-7H3. The van der Waals surface area contributed by atoms with Gasteiger partial charge >= 0.3 is 0 Å². The van der Waals surface area contributed by atoms with Crippen LogP contribution in [0.15, 0.2) is 79.4 Å².